The summed E-state index contributed by atoms with van der Waals surface area (Å²) in [5.74, 6) is 6.50. The highest BCUT2D eigenvalue weighted by Crippen LogP contribution is 2.26. The molecular formula is C24H24ClN9O4. The van der Waals surface area contributed by atoms with Gasteiger partial charge in [0.2, 0.25) is 6.29 Å². The Balaban J connectivity index is 1.56. The molecule has 1 aromatic heterocycles. The second-order valence-electron chi connectivity index (χ2n) is 8.24. The van der Waals surface area contributed by atoms with E-state index in [1.165, 1.54) is 4.90 Å². The van der Waals surface area contributed by atoms with Crippen LogP contribution in [0.5, 0.6) is 11.5 Å². The topological polar surface area (TPSA) is 169 Å². The standard InChI is InChI=1S/C24H24ClN9O4/c1-15-12-20(10-11-28-15)38-19-8-6-18(7-9-19)29-22-32(13-16-2-4-17(25)5-3-16)23(36)33(24(37)34(22)27)14-21(35)30-31-26/h2-12,22,29H,13-14,27H2,1H3,(H2,26,30,35). The van der Waals surface area contributed by atoms with Crippen molar-refractivity contribution >= 4 is 35.3 Å². The van der Waals surface area contributed by atoms with Gasteiger partial charge in [-0.05, 0) is 55.0 Å². The average molecular weight is 538 g/mol. The smallest absolute Gasteiger partial charge is 0.346 e. The van der Waals surface area contributed by atoms with Gasteiger partial charge in [-0.3, -0.25) is 14.7 Å². The number of aromatic nitrogens is 1. The van der Waals surface area contributed by atoms with Gasteiger partial charge in [0, 0.05) is 28.7 Å². The zero-order valence-electron chi connectivity index (χ0n) is 20.2. The van der Waals surface area contributed by atoms with Gasteiger partial charge in [0.15, 0.2) is 0 Å². The van der Waals surface area contributed by atoms with Gasteiger partial charge in [0.25, 0.3) is 5.91 Å². The number of carbonyl (C=O) groups is 3. The number of anilines is 1. The van der Waals surface area contributed by atoms with Gasteiger partial charge in [0.05, 0.1) is 6.54 Å². The van der Waals surface area contributed by atoms with E-state index in [2.05, 4.69) is 15.5 Å². The number of rotatable bonds is 9. The number of carbonyl (C=O) groups excluding carboxylic acids is 3. The maximum Gasteiger partial charge on any atom is 0.346 e. The van der Waals surface area contributed by atoms with Crippen LogP contribution in [0.4, 0.5) is 15.3 Å². The molecule has 5 N–H and O–H groups in total. The van der Waals surface area contributed by atoms with Crippen LogP contribution >= 0.6 is 11.6 Å². The molecule has 1 aliphatic rings. The molecule has 1 fully saturated rings. The Morgan fingerprint density at radius 2 is 1.82 bits per heavy atom. The summed E-state index contributed by atoms with van der Waals surface area (Å²) in [7, 11) is 0. The summed E-state index contributed by atoms with van der Waals surface area (Å²) in [4.78, 5) is 44.4. The second-order valence-corrected chi connectivity index (χ2v) is 8.67. The van der Waals surface area contributed by atoms with E-state index in [0.717, 1.165) is 10.7 Å². The molecule has 13 nitrogen and oxygen atoms in total. The molecule has 1 unspecified atom stereocenters. The lowest BCUT2D eigenvalue weighted by atomic mass is 10.2. The van der Waals surface area contributed by atoms with Crippen LogP contribution in [-0.4, -0.2) is 50.6 Å². The Labute approximate surface area is 222 Å². The van der Waals surface area contributed by atoms with Crippen LogP contribution in [0, 0.1) is 12.5 Å². The zero-order chi connectivity index (χ0) is 27.2. The lowest BCUT2D eigenvalue weighted by Gasteiger charge is -2.45. The average Bonchev–Trinajstić information content (AvgIpc) is 2.89. The zero-order valence-corrected chi connectivity index (χ0v) is 20.9. The van der Waals surface area contributed by atoms with Crippen LogP contribution in [-0.2, 0) is 11.3 Å². The van der Waals surface area contributed by atoms with Crippen molar-refractivity contribution in [2.24, 2.45) is 11.1 Å². The summed E-state index contributed by atoms with van der Waals surface area (Å²) >= 11 is 5.99. The van der Waals surface area contributed by atoms with Gasteiger partial charge in [-0.25, -0.2) is 30.8 Å². The lowest BCUT2D eigenvalue weighted by molar-refractivity contribution is -0.122. The van der Waals surface area contributed by atoms with Crippen LogP contribution in [0.15, 0.2) is 72.1 Å². The number of ether oxygens (including phenoxy) is 1. The number of imide groups is 1. The van der Waals surface area contributed by atoms with E-state index in [1.54, 1.807) is 66.9 Å². The van der Waals surface area contributed by atoms with Crippen molar-refractivity contribution in [3.8, 4) is 11.5 Å². The number of amides is 5. The Hall–Kier alpha value is -4.75. The number of hydrazine groups is 1. The summed E-state index contributed by atoms with van der Waals surface area (Å²) in [5.41, 5.74) is 10.7. The van der Waals surface area contributed by atoms with Crippen molar-refractivity contribution in [2.75, 3.05) is 11.9 Å². The summed E-state index contributed by atoms with van der Waals surface area (Å²) in [6.07, 6.45) is 0.553. The van der Waals surface area contributed by atoms with E-state index in [1.807, 2.05) is 12.3 Å². The number of halogens is 1. The second kappa shape index (κ2) is 11.5. The molecule has 1 aliphatic heterocycles. The Bertz CT molecular complexity index is 1340. The van der Waals surface area contributed by atoms with Gasteiger partial charge < -0.3 is 10.1 Å². The van der Waals surface area contributed by atoms with E-state index < -0.39 is 30.8 Å². The van der Waals surface area contributed by atoms with E-state index in [4.69, 9.17) is 27.7 Å². The Morgan fingerprint density at radius 3 is 2.47 bits per heavy atom. The van der Waals surface area contributed by atoms with Crippen molar-refractivity contribution in [3.05, 3.63) is 83.1 Å². The predicted molar refractivity (Wildman–Crippen MR) is 137 cm³/mol. The predicted octanol–water partition coefficient (Wildman–Crippen LogP) is 3.83. The van der Waals surface area contributed by atoms with E-state index >= 15 is 0 Å². The van der Waals surface area contributed by atoms with E-state index in [0.29, 0.717) is 32.7 Å². The molecule has 5 amide bonds. The number of aryl methyl sites for hydroxylation is 1. The Morgan fingerprint density at radius 1 is 1.11 bits per heavy atom. The summed E-state index contributed by atoms with van der Waals surface area (Å²) < 4.78 is 5.84. The molecule has 196 valence electrons. The minimum atomic E-state index is -1.10. The highest BCUT2D eigenvalue weighted by Gasteiger charge is 2.44. The van der Waals surface area contributed by atoms with Crippen LogP contribution in [0.2, 0.25) is 5.02 Å². The van der Waals surface area contributed by atoms with Crippen LogP contribution in [0.25, 0.3) is 0 Å². The SMILES string of the molecule is Cc1cc(Oc2ccc(NC3N(N)C(=O)N(CC(=O)NN=N)C(=O)N3Cc3ccc(Cl)cc3)cc2)ccn1. The van der Waals surface area contributed by atoms with Crippen LogP contribution in [0.3, 0.4) is 0 Å². The highest BCUT2D eigenvalue weighted by atomic mass is 35.5. The quantitative estimate of drug-likeness (QED) is 0.139. The monoisotopic (exact) mass is 537 g/mol. The molecule has 0 bridgehead atoms. The largest absolute Gasteiger partial charge is 0.457 e. The van der Waals surface area contributed by atoms with Crippen molar-refractivity contribution in [2.45, 2.75) is 19.8 Å². The minimum absolute atomic E-state index is 0.0399. The third kappa shape index (κ3) is 6.14. The maximum absolute atomic E-state index is 13.4. The first-order chi connectivity index (χ1) is 18.2. The van der Waals surface area contributed by atoms with Gasteiger partial charge >= 0.3 is 12.1 Å². The number of hydrogen-bond acceptors (Lipinski definition) is 9. The first kappa shape index (κ1) is 26.3. The fourth-order valence-corrected chi connectivity index (χ4v) is 3.81. The summed E-state index contributed by atoms with van der Waals surface area (Å²) in [5, 5.41) is 7.20. The van der Waals surface area contributed by atoms with E-state index in [9.17, 15) is 14.4 Å². The number of pyridine rings is 1. The number of nitrogens with two attached hydrogens (primary N) is 1. The van der Waals surface area contributed by atoms with Crippen molar-refractivity contribution in [1.82, 2.24) is 25.2 Å². The molecular weight excluding hydrogens is 514 g/mol. The van der Waals surface area contributed by atoms with Gasteiger partial charge in [0.1, 0.15) is 18.0 Å². The molecule has 1 atom stereocenters. The molecule has 38 heavy (non-hydrogen) atoms. The normalized spacial score (nSPS) is 15.3. The van der Waals surface area contributed by atoms with Gasteiger partial charge in [-0.2, -0.15) is 5.53 Å². The maximum atomic E-state index is 13.4. The summed E-state index contributed by atoms with van der Waals surface area (Å²) in [6.45, 7) is 1.23. The molecule has 3 aromatic rings. The molecule has 2 aromatic carbocycles. The first-order valence-electron chi connectivity index (χ1n) is 11.3. The fourth-order valence-electron chi connectivity index (χ4n) is 3.69. The van der Waals surface area contributed by atoms with Crippen molar-refractivity contribution < 1.29 is 19.1 Å². The molecule has 0 radical (unpaired) electrons. The van der Waals surface area contributed by atoms with E-state index in [-0.39, 0.29) is 6.54 Å². The third-order valence-corrected chi connectivity index (χ3v) is 5.74. The van der Waals surface area contributed by atoms with Crippen molar-refractivity contribution in [3.63, 3.8) is 0 Å². The number of nitrogens with one attached hydrogen (secondary N) is 3. The highest BCUT2D eigenvalue weighted by molar-refractivity contribution is 6.30. The van der Waals surface area contributed by atoms with Crippen LogP contribution in [0.1, 0.15) is 11.3 Å². The Kier molecular flexibility index (Phi) is 7.99. The molecule has 0 aliphatic carbocycles. The van der Waals surface area contributed by atoms with Gasteiger partial charge in [-0.1, -0.05) is 29.0 Å². The lowest BCUT2D eigenvalue weighted by Crippen LogP contribution is -2.71. The first-order valence-corrected chi connectivity index (χ1v) is 11.7. The number of urea groups is 2. The number of benzene rings is 2. The minimum Gasteiger partial charge on any atom is -0.457 e. The molecule has 4 rings (SSSR count). The molecule has 2 heterocycles. The molecule has 1 saturated heterocycles. The third-order valence-electron chi connectivity index (χ3n) is 5.49. The number of hydrogen-bond donors (Lipinski definition) is 4. The molecule has 0 spiro atoms. The van der Waals surface area contributed by atoms with Crippen LogP contribution < -0.4 is 21.3 Å². The fraction of sp³-hybridized carbons (Fsp3) is 0.167. The summed E-state index contributed by atoms with van der Waals surface area (Å²) in [6, 6.07) is 15.5. The molecule has 0 saturated carbocycles. The van der Waals surface area contributed by atoms with Gasteiger partial charge in [-0.15, -0.1) is 0 Å². The number of nitrogens with zero attached hydrogens (tertiary/aromatic N) is 5. The molecule has 14 heteroatoms. The van der Waals surface area contributed by atoms with Crippen molar-refractivity contribution in [1.29, 1.82) is 5.53 Å².